The van der Waals surface area contributed by atoms with Crippen molar-refractivity contribution in [3.8, 4) is 11.8 Å². The van der Waals surface area contributed by atoms with E-state index in [1.54, 1.807) is 30.3 Å². The zero-order valence-electron chi connectivity index (χ0n) is 16.5. The molecule has 29 heavy (non-hydrogen) atoms. The zero-order valence-corrected chi connectivity index (χ0v) is 17.3. The molecule has 1 N–H and O–H groups in total. The summed E-state index contributed by atoms with van der Waals surface area (Å²) in [5, 5.41) is 13.2. The van der Waals surface area contributed by atoms with E-state index >= 15 is 0 Å². The van der Waals surface area contributed by atoms with E-state index in [0.717, 1.165) is 18.4 Å². The molecular weight excluding hydrogens is 388 g/mol. The van der Waals surface area contributed by atoms with Gasteiger partial charge in [0.05, 0.1) is 23.3 Å². The first kappa shape index (κ1) is 21.2. The molecule has 5 nitrogen and oxygen atoms in total. The second-order valence-corrected chi connectivity index (χ2v) is 7.61. The summed E-state index contributed by atoms with van der Waals surface area (Å²) in [5.74, 6) is 0.491. The van der Waals surface area contributed by atoms with Gasteiger partial charge in [0.2, 0.25) is 5.91 Å². The number of unbranched alkanes of at least 4 members (excludes halogenated alkanes) is 1. The fourth-order valence-electron chi connectivity index (χ4n) is 3.53. The molecule has 2 aromatic carbocycles. The van der Waals surface area contributed by atoms with Crippen LogP contribution in [0.25, 0.3) is 0 Å². The lowest BCUT2D eigenvalue weighted by atomic mass is 9.73. The molecule has 0 saturated carbocycles. The lowest BCUT2D eigenvalue weighted by Crippen LogP contribution is -2.45. The van der Waals surface area contributed by atoms with Crippen molar-refractivity contribution in [1.82, 2.24) is 0 Å². The van der Waals surface area contributed by atoms with Crippen LogP contribution in [0.1, 0.15) is 43.7 Å². The van der Waals surface area contributed by atoms with Crippen molar-refractivity contribution in [2.45, 2.75) is 38.0 Å². The van der Waals surface area contributed by atoms with Crippen LogP contribution in [0.2, 0.25) is 5.02 Å². The molecule has 1 amide bonds. The minimum Gasteiger partial charge on any atom is -0.494 e. The minimum absolute atomic E-state index is 0.140. The number of halogens is 1. The number of hydrogen-bond acceptors (Lipinski definition) is 4. The van der Waals surface area contributed by atoms with Crippen LogP contribution >= 0.6 is 11.6 Å². The number of nitrogens with one attached hydrogen (secondary N) is 1. The topological polar surface area (TPSA) is 71.3 Å². The van der Waals surface area contributed by atoms with Gasteiger partial charge >= 0.3 is 0 Å². The Kier molecular flexibility index (Phi) is 7.13. The van der Waals surface area contributed by atoms with Gasteiger partial charge in [0.25, 0.3) is 0 Å². The molecule has 0 bridgehead atoms. The highest BCUT2D eigenvalue weighted by molar-refractivity contribution is 6.30. The Balaban J connectivity index is 1.84. The summed E-state index contributed by atoms with van der Waals surface area (Å²) in [5.41, 5.74) is 1.05. The number of nitriles is 1. The minimum atomic E-state index is -0.716. The molecule has 1 aliphatic heterocycles. The van der Waals surface area contributed by atoms with Crippen molar-refractivity contribution in [2.75, 3.05) is 25.1 Å². The maximum Gasteiger partial charge on any atom is 0.235 e. The first-order valence-electron chi connectivity index (χ1n) is 9.91. The van der Waals surface area contributed by atoms with Crippen LogP contribution in [-0.2, 0) is 14.9 Å². The van der Waals surface area contributed by atoms with Gasteiger partial charge in [-0.3, -0.25) is 4.79 Å². The second-order valence-electron chi connectivity index (χ2n) is 7.18. The molecule has 0 atom stereocenters. The van der Waals surface area contributed by atoms with Crippen molar-refractivity contribution in [1.29, 1.82) is 5.26 Å². The number of hydrogen-bond donors (Lipinski definition) is 1. The van der Waals surface area contributed by atoms with E-state index in [4.69, 9.17) is 21.1 Å². The van der Waals surface area contributed by atoms with E-state index in [-0.39, 0.29) is 5.91 Å². The lowest BCUT2D eigenvalue weighted by molar-refractivity contribution is -0.125. The van der Waals surface area contributed by atoms with Gasteiger partial charge in [0.15, 0.2) is 0 Å². The molecule has 0 unspecified atom stereocenters. The van der Waals surface area contributed by atoms with Gasteiger partial charge in [-0.1, -0.05) is 37.1 Å². The van der Waals surface area contributed by atoms with E-state index < -0.39 is 5.41 Å². The average molecular weight is 413 g/mol. The standard InChI is InChI=1S/C23H25ClN2O3/c1-2-3-12-29-20-8-9-21(17(15-20)16-25)26-22(27)23(10-13-28-14-11-23)18-4-6-19(24)7-5-18/h4-9,15H,2-3,10-14H2,1H3,(H,26,27). The maximum atomic E-state index is 13.4. The average Bonchev–Trinajstić information content (AvgIpc) is 2.75. The summed E-state index contributed by atoms with van der Waals surface area (Å²) in [6.07, 6.45) is 3.13. The molecule has 152 valence electrons. The highest BCUT2D eigenvalue weighted by Crippen LogP contribution is 2.37. The van der Waals surface area contributed by atoms with Crippen LogP contribution < -0.4 is 10.1 Å². The molecule has 0 spiro atoms. The van der Waals surface area contributed by atoms with Crippen LogP contribution in [-0.4, -0.2) is 25.7 Å². The molecule has 2 aromatic rings. The number of rotatable bonds is 7. The van der Waals surface area contributed by atoms with Crippen LogP contribution in [0, 0.1) is 11.3 Å². The molecular formula is C23H25ClN2O3. The van der Waals surface area contributed by atoms with E-state index in [2.05, 4.69) is 18.3 Å². The van der Waals surface area contributed by atoms with E-state index in [0.29, 0.717) is 54.7 Å². The Labute approximate surface area is 176 Å². The quantitative estimate of drug-likeness (QED) is 0.644. The molecule has 1 saturated heterocycles. The van der Waals surface area contributed by atoms with E-state index in [1.165, 1.54) is 0 Å². The number of ether oxygens (including phenoxy) is 2. The Morgan fingerprint density at radius 3 is 2.62 bits per heavy atom. The van der Waals surface area contributed by atoms with Crippen LogP contribution in [0.4, 0.5) is 5.69 Å². The number of amides is 1. The van der Waals surface area contributed by atoms with Crippen LogP contribution in [0.15, 0.2) is 42.5 Å². The predicted molar refractivity (Wildman–Crippen MR) is 113 cm³/mol. The number of nitrogens with zero attached hydrogens (tertiary/aromatic N) is 1. The first-order chi connectivity index (χ1) is 14.1. The van der Waals surface area contributed by atoms with Crippen molar-refractivity contribution in [3.05, 3.63) is 58.6 Å². The number of carbonyl (C=O) groups is 1. The molecule has 3 rings (SSSR count). The first-order valence-corrected chi connectivity index (χ1v) is 10.3. The third-order valence-corrected chi connectivity index (χ3v) is 5.56. The maximum absolute atomic E-state index is 13.4. The number of anilines is 1. The molecule has 0 aromatic heterocycles. The number of carbonyl (C=O) groups excluding carboxylic acids is 1. The largest absolute Gasteiger partial charge is 0.494 e. The molecule has 1 fully saturated rings. The summed E-state index contributed by atoms with van der Waals surface area (Å²) in [6, 6.07) is 14.7. The molecule has 1 heterocycles. The zero-order chi connectivity index (χ0) is 20.7. The second kappa shape index (κ2) is 9.78. The smallest absolute Gasteiger partial charge is 0.235 e. The third kappa shape index (κ3) is 4.90. The Hall–Kier alpha value is -2.55. The van der Waals surface area contributed by atoms with E-state index in [9.17, 15) is 10.1 Å². The number of benzene rings is 2. The van der Waals surface area contributed by atoms with Crippen LogP contribution in [0.3, 0.4) is 0 Å². The fraction of sp³-hybridized carbons (Fsp3) is 0.391. The molecule has 6 heteroatoms. The van der Waals surface area contributed by atoms with Gasteiger partial charge in [-0.25, -0.2) is 0 Å². The predicted octanol–water partition coefficient (Wildman–Crippen LogP) is 5.08. The highest BCUT2D eigenvalue weighted by Gasteiger charge is 2.42. The summed E-state index contributed by atoms with van der Waals surface area (Å²) in [7, 11) is 0. The SMILES string of the molecule is CCCCOc1ccc(NC(=O)C2(c3ccc(Cl)cc3)CCOCC2)c(C#N)c1. The van der Waals surface area contributed by atoms with Gasteiger partial charge < -0.3 is 14.8 Å². The Morgan fingerprint density at radius 1 is 1.24 bits per heavy atom. The molecule has 0 radical (unpaired) electrons. The van der Waals surface area contributed by atoms with Crippen molar-refractivity contribution < 1.29 is 14.3 Å². The van der Waals surface area contributed by atoms with Gasteiger partial charge in [0.1, 0.15) is 11.8 Å². The molecule has 1 aliphatic rings. The van der Waals surface area contributed by atoms with Gasteiger partial charge in [-0.2, -0.15) is 5.26 Å². The van der Waals surface area contributed by atoms with Crippen molar-refractivity contribution in [3.63, 3.8) is 0 Å². The fourth-order valence-corrected chi connectivity index (χ4v) is 3.65. The van der Waals surface area contributed by atoms with Crippen molar-refractivity contribution >= 4 is 23.2 Å². The lowest BCUT2D eigenvalue weighted by Gasteiger charge is -2.36. The van der Waals surface area contributed by atoms with Gasteiger partial charge in [-0.15, -0.1) is 0 Å². The van der Waals surface area contributed by atoms with Crippen LogP contribution in [0.5, 0.6) is 5.75 Å². The molecule has 0 aliphatic carbocycles. The van der Waals surface area contributed by atoms with Gasteiger partial charge in [-0.05, 0) is 55.2 Å². The monoisotopic (exact) mass is 412 g/mol. The Bertz CT molecular complexity index is 884. The summed E-state index contributed by atoms with van der Waals surface area (Å²) in [4.78, 5) is 13.4. The van der Waals surface area contributed by atoms with Crippen molar-refractivity contribution in [2.24, 2.45) is 0 Å². The summed E-state index contributed by atoms with van der Waals surface area (Å²) in [6.45, 7) is 3.71. The van der Waals surface area contributed by atoms with E-state index in [1.807, 2.05) is 12.1 Å². The highest BCUT2D eigenvalue weighted by atomic mass is 35.5. The summed E-state index contributed by atoms with van der Waals surface area (Å²) < 4.78 is 11.2. The van der Waals surface area contributed by atoms with Gasteiger partial charge in [0, 0.05) is 18.2 Å². The Morgan fingerprint density at radius 2 is 1.97 bits per heavy atom. The normalized spacial score (nSPS) is 15.3. The summed E-state index contributed by atoms with van der Waals surface area (Å²) >= 11 is 6.03. The third-order valence-electron chi connectivity index (χ3n) is 5.30.